The first-order valence-electron chi connectivity index (χ1n) is 6.83. The Labute approximate surface area is 118 Å². The van der Waals surface area contributed by atoms with Crippen molar-refractivity contribution in [1.29, 1.82) is 0 Å². The van der Waals surface area contributed by atoms with Gasteiger partial charge in [0.1, 0.15) is 5.82 Å². The second kappa shape index (κ2) is 4.27. The number of fused-ring (bicyclic) bond motifs is 3. The van der Waals surface area contributed by atoms with Gasteiger partial charge in [0.25, 0.3) is 0 Å². The largest absolute Gasteiger partial charge is 0.241 e. The summed E-state index contributed by atoms with van der Waals surface area (Å²) in [6, 6.07) is 17.0. The number of benzene rings is 2. The Hall–Kier alpha value is -2.48. The molecule has 0 aliphatic heterocycles. The van der Waals surface area contributed by atoms with E-state index in [2.05, 4.69) is 58.5 Å². The minimum Gasteiger partial charge on any atom is -0.241 e. The maximum Gasteiger partial charge on any atom is 0.125 e. The van der Waals surface area contributed by atoms with Crippen LogP contribution in [0.25, 0.3) is 22.4 Å². The van der Waals surface area contributed by atoms with Crippen molar-refractivity contribution in [2.75, 3.05) is 0 Å². The maximum atomic E-state index is 4.62. The van der Waals surface area contributed by atoms with Gasteiger partial charge in [0.2, 0.25) is 0 Å². The van der Waals surface area contributed by atoms with E-state index in [4.69, 9.17) is 0 Å². The second-order valence-electron chi connectivity index (χ2n) is 5.17. The number of rotatable bonds is 1. The normalized spacial score (nSPS) is 12.1. The van der Waals surface area contributed by atoms with Crippen LogP contribution in [0.2, 0.25) is 0 Å². The Balaban J connectivity index is 1.94. The molecule has 0 amide bonds. The standard InChI is InChI=1S/C18H14N2/c1-12-19-11-14-10-17-15(13-6-3-2-4-7-13)8-5-9-16(17)18(14)20-12/h2-9,11H,10H2,1H3. The van der Waals surface area contributed by atoms with Crippen molar-refractivity contribution in [3.8, 4) is 22.4 Å². The molecule has 0 bridgehead atoms. The van der Waals surface area contributed by atoms with Crippen LogP contribution in [0.3, 0.4) is 0 Å². The molecule has 0 fully saturated rings. The van der Waals surface area contributed by atoms with E-state index >= 15 is 0 Å². The van der Waals surface area contributed by atoms with Gasteiger partial charge in [0, 0.05) is 23.7 Å². The molecule has 2 heteroatoms. The van der Waals surface area contributed by atoms with Gasteiger partial charge in [-0.15, -0.1) is 0 Å². The monoisotopic (exact) mass is 258 g/mol. The molecule has 96 valence electrons. The van der Waals surface area contributed by atoms with Gasteiger partial charge in [0.05, 0.1) is 5.69 Å². The molecule has 0 spiro atoms. The number of aromatic nitrogens is 2. The summed E-state index contributed by atoms with van der Waals surface area (Å²) < 4.78 is 0. The summed E-state index contributed by atoms with van der Waals surface area (Å²) in [5.41, 5.74) is 7.53. The fraction of sp³-hybridized carbons (Fsp3) is 0.111. The van der Waals surface area contributed by atoms with Crippen LogP contribution < -0.4 is 0 Å². The zero-order valence-corrected chi connectivity index (χ0v) is 11.3. The van der Waals surface area contributed by atoms with E-state index in [1.54, 1.807) is 0 Å². The number of hydrogen-bond donors (Lipinski definition) is 0. The highest BCUT2D eigenvalue weighted by atomic mass is 14.9. The van der Waals surface area contributed by atoms with Crippen LogP contribution in [0.15, 0.2) is 54.7 Å². The van der Waals surface area contributed by atoms with Crippen molar-refractivity contribution >= 4 is 0 Å². The average Bonchev–Trinajstić information content (AvgIpc) is 2.86. The smallest absolute Gasteiger partial charge is 0.125 e. The molecule has 2 nitrogen and oxygen atoms in total. The van der Waals surface area contributed by atoms with Crippen LogP contribution >= 0.6 is 0 Å². The van der Waals surface area contributed by atoms with E-state index in [1.807, 2.05) is 13.1 Å². The van der Waals surface area contributed by atoms with E-state index in [0.29, 0.717) is 0 Å². The quantitative estimate of drug-likeness (QED) is 0.515. The molecule has 1 aliphatic rings. The lowest BCUT2D eigenvalue weighted by Crippen LogP contribution is -1.91. The first-order valence-corrected chi connectivity index (χ1v) is 6.83. The Morgan fingerprint density at radius 2 is 1.70 bits per heavy atom. The summed E-state index contributed by atoms with van der Waals surface area (Å²) in [5, 5.41) is 0. The summed E-state index contributed by atoms with van der Waals surface area (Å²) in [4.78, 5) is 8.94. The van der Waals surface area contributed by atoms with Crippen LogP contribution in [0.4, 0.5) is 0 Å². The first-order chi connectivity index (χ1) is 9.83. The van der Waals surface area contributed by atoms with Gasteiger partial charge in [-0.1, -0.05) is 48.5 Å². The van der Waals surface area contributed by atoms with E-state index in [9.17, 15) is 0 Å². The third-order valence-corrected chi connectivity index (χ3v) is 3.87. The molecular weight excluding hydrogens is 244 g/mol. The highest BCUT2D eigenvalue weighted by molar-refractivity contribution is 5.82. The van der Waals surface area contributed by atoms with Crippen molar-refractivity contribution in [2.24, 2.45) is 0 Å². The summed E-state index contributed by atoms with van der Waals surface area (Å²) >= 11 is 0. The fourth-order valence-corrected chi connectivity index (χ4v) is 2.94. The van der Waals surface area contributed by atoms with Crippen molar-refractivity contribution in [3.63, 3.8) is 0 Å². The fourth-order valence-electron chi connectivity index (χ4n) is 2.94. The van der Waals surface area contributed by atoms with Crippen LogP contribution in [-0.4, -0.2) is 9.97 Å². The molecule has 0 saturated carbocycles. The molecule has 20 heavy (non-hydrogen) atoms. The SMILES string of the molecule is Cc1ncc2c(n1)-c1cccc(-c3ccccc3)c1C2. The molecule has 0 N–H and O–H groups in total. The van der Waals surface area contributed by atoms with Crippen LogP contribution in [0.5, 0.6) is 0 Å². The molecule has 0 atom stereocenters. The molecule has 1 heterocycles. The summed E-state index contributed by atoms with van der Waals surface area (Å²) in [6.45, 7) is 1.94. The van der Waals surface area contributed by atoms with Gasteiger partial charge in [-0.25, -0.2) is 9.97 Å². The molecular formula is C18H14N2. The Morgan fingerprint density at radius 1 is 0.900 bits per heavy atom. The van der Waals surface area contributed by atoms with Gasteiger partial charge in [-0.05, 0) is 23.6 Å². The van der Waals surface area contributed by atoms with Gasteiger partial charge >= 0.3 is 0 Å². The minimum absolute atomic E-state index is 0.835. The third-order valence-electron chi connectivity index (χ3n) is 3.87. The van der Waals surface area contributed by atoms with Crippen LogP contribution in [0.1, 0.15) is 17.0 Å². The topological polar surface area (TPSA) is 25.8 Å². The second-order valence-corrected chi connectivity index (χ2v) is 5.17. The molecule has 0 unspecified atom stereocenters. The highest BCUT2D eigenvalue weighted by Crippen LogP contribution is 2.40. The molecule has 0 saturated heterocycles. The average molecular weight is 258 g/mol. The third kappa shape index (κ3) is 1.65. The van der Waals surface area contributed by atoms with Gasteiger partial charge < -0.3 is 0 Å². The van der Waals surface area contributed by atoms with Crippen molar-refractivity contribution in [3.05, 3.63) is 71.7 Å². The lowest BCUT2D eigenvalue weighted by Gasteiger charge is -2.08. The van der Waals surface area contributed by atoms with Crippen molar-refractivity contribution in [2.45, 2.75) is 13.3 Å². The van der Waals surface area contributed by atoms with Crippen LogP contribution in [0, 0.1) is 6.92 Å². The lowest BCUT2D eigenvalue weighted by atomic mass is 9.96. The van der Waals surface area contributed by atoms with Gasteiger partial charge in [0.15, 0.2) is 0 Å². The molecule has 1 aliphatic carbocycles. The molecule has 0 radical (unpaired) electrons. The molecule has 4 rings (SSSR count). The molecule has 1 aromatic heterocycles. The zero-order chi connectivity index (χ0) is 13.5. The van der Waals surface area contributed by atoms with E-state index < -0.39 is 0 Å². The van der Waals surface area contributed by atoms with E-state index in [1.165, 1.54) is 27.8 Å². The van der Waals surface area contributed by atoms with Crippen molar-refractivity contribution < 1.29 is 0 Å². The van der Waals surface area contributed by atoms with Crippen molar-refractivity contribution in [1.82, 2.24) is 9.97 Å². The summed E-state index contributed by atoms with van der Waals surface area (Å²) in [7, 11) is 0. The number of aryl methyl sites for hydroxylation is 1. The lowest BCUT2D eigenvalue weighted by molar-refractivity contribution is 1.03. The minimum atomic E-state index is 0.835. The van der Waals surface area contributed by atoms with Gasteiger partial charge in [-0.2, -0.15) is 0 Å². The highest BCUT2D eigenvalue weighted by Gasteiger charge is 2.23. The Morgan fingerprint density at radius 3 is 2.55 bits per heavy atom. The number of nitrogens with zero attached hydrogens (tertiary/aromatic N) is 2. The molecule has 3 aromatic rings. The zero-order valence-electron chi connectivity index (χ0n) is 11.3. The molecule has 2 aromatic carbocycles. The van der Waals surface area contributed by atoms with E-state index in [-0.39, 0.29) is 0 Å². The first kappa shape index (κ1) is 11.4. The summed E-state index contributed by atoms with van der Waals surface area (Å²) in [5.74, 6) is 0.835. The Bertz CT molecular complexity index is 792. The summed E-state index contributed by atoms with van der Waals surface area (Å²) in [6.07, 6.45) is 2.89. The maximum absolute atomic E-state index is 4.62. The Kier molecular flexibility index (Phi) is 2.43. The number of hydrogen-bond acceptors (Lipinski definition) is 2. The van der Waals surface area contributed by atoms with E-state index in [0.717, 1.165) is 17.9 Å². The predicted molar refractivity (Wildman–Crippen MR) is 80.4 cm³/mol. The predicted octanol–water partition coefficient (Wildman–Crippen LogP) is 4.02. The van der Waals surface area contributed by atoms with Gasteiger partial charge in [-0.3, -0.25) is 0 Å². The van der Waals surface area contributed by atoms with Crippen LogP contribution in [-0.2, 0) is 6.42 Å².